The van der Waals surface area contributed by atoms with E-state index in [0.29, 0.717) is 28.3 Å². The molecule has 65 heavy (non-hydrogen) atoms. The third-order valence-electron chi connectivity index (χ3n) is 14.7. The molecule has 3 aromatic heterocycles. The van der Waals surface area contributed by atoms with Crippen LogP contribution in [0.4, 0.5) is 0 Å². The molecule has 3 aromatic rings. The van der Waals surface area contributed by atoms with E-state index in [1.54, 1.807) is 0 Å². The van der Waals surface area contributed by atoms with E-state index in [-0.39, 0.29) is 59.6 Å². The predicted molar refractivity (Wildman–Crippen MR) is 265 cm³/mol. The van der Waals surface area contributed by atoms with Gasteiger partial charge in [-0.2, -0.15) is 5.70 Å². The molecule has 6 rings (SSSR count). The number of carbonyl (C=O) groups excluding carboxylic acids is 2. The van der Waals surface area contributed by atoms with Gasteiger partial charge in [-0.15, -0.1) is 33.1 Å². The van der Waals surface area contributed by atoms with Crippen molar-refractivity contribution in [1.82, 2.24) is 15.0 Å². The van der Waals surface area contributed by atoms with Crippen LogP contribution in [-0.4, -0.2) is 59.9 Å². The average molecular weight is 898 g/mol. The second kappa shape index (κ2) is 23.2. The summed E-state index contributed by atoms with van der Waals surface area (Å²) in [6.45, 7) is 24.4. The number of allylic oxidation sites excluding steroid dienone is 2. The van der Waals surface area contributed by atoms with Crippen molar-refractivity contribution in [1.29, 1.82) is 0 Å². The summed E-state index contributed by atoms with van der Waals surface area (Å²) in [6.07, 6.45) is 21.8. The zero-order chi connectivity index (χ0) is 46.4. The number of rotatable bonds is 20. The number of aromatic nitrogens is 3. The molecule has 3 aliphatic rings. The summed E-state index contributed by atoms with van der Waals surface area (Å²) in [6, 6.07) is -0.552. The van der Waals surface area contributed by atoms with Crippen molar-refractivity contribution < 1.29 is 24.2 Å². The quantitative estimate of drug-likeness (QED) is 0.0679. The van der Waals surface area contributed by atoms with Crippen LogP contribution in [0.25, 0.3) is 34.9 Å². The van der Waals surface area contributed by atoms with Crippen molar-refractivity contribution in [3.05, 3.63) is 88.8 Å². The number of fused-ring (bicyclic) bond motifs is 8. The van der Waals surface area contributed by atoms with E-state index in [2.05, 4.69) is 81.4 Å². The number of carbonyl (C=O) groups is 2. The molecule has 6 atom stereocenters. The van der Waals surface area contributed by atoms with Crippen molar-refractivity contribution in [3.63, 3.8) is 0 Å². The maximum atomic E-state index is 13.6. The second-order valence-electron chi connectivity index (χ2n) is 19.8. The Labute approximate surface area is 405 Å². The molecule has 6 unspecified atom stereocenters. The van der Waals surface area contributed by atoms with Crippen molar-refractivity contribution in [3.8, 4) is 0 Å². The van der Waals surface area contributed by atoms with Crippen molar-refractivity contribution >= 4 is 64.6 Å². The zero-order valence-electron chi connectivity index (χ0n) is 41.8. The summed E-state index contributed by atoms with van der Waals surface area (Å²) in [5.41, 5.74) is 10.4. The van der Waals surface area contributed by atoms with Gasteiger partial charge in [0.25, 0.3) is 0 Å². The Hall–Kier alpha value is -3.89. The molecule has 0 radical (unpaired) electrons. The Bertz CT molecular complexity index is 2480. The smallest absolute Gasteiger partial charge is 0.681 e. The summed E-state index contributed by atoms with van der Waals surface area (Å²) < 4.78 is 11.1. The summed E-state index contributed by atoms with van der Waals surface area (Å²) in [4.78, 5) is 42.6. The number of methoxy groups -OCH3 is 1. The van der Waals surface area contributed by atoms with Crippen molar-refractivity contribution in [2.75, 3.05) is 13.7 Å². The average Bonchev–Trinajstić information content (AvgIpc) is 3.99. The normalized spacial score (nSPS) is 21.7. The Balaban J connectivity index is 0.00000793. The van der Waals surface area contributed by atoms with E-state index in [0.717, 1.165) is 93.5 Å². The summed E-state index contributed by atoms with van der Waals surface area (Å²) >= 11 is 0. The standard InChI is InChI=1S/C55H76N4O5.Mg/c1-13-39-35(8)42-28-44-37(10)41(24-25-48(60)64-27-26-34(7)23-17-22-33(6)21-16-20-32(5)19-15-18-31(3)4)52(58-44)50-51(55(62)63-12)54(61)49-38(11)45(59-53(49)50)30-47-40(14-2)36(9)43(57-47)29-46(39)56-42;/h26,28-33,37,41,51-52,61H,13-25,27H2,1-12H3;/q-4;+2/b34-26+,43-29-,44-28-,47-30-;. The number of aliphatic hydroxyl groups is 1. The minimum absolute atomic E-state index is 0. The Morgan fingerprint density at radius 1 is 0.785 bits per heavy atom. The third kappa shape index (κ3) is 11.8. The minimum Gasteiger partial charge on any atom is -0.681 e. The molecule has 1 saturated heterocycles. The molecule has 0 saturated carbocycles. The molecule has 9 nitrogen and oxygen atoms in total. The maximum Gasteiger partial charge on any atom is 2.00 e. The van der Waals surface area contributed by atoms with Gasteiger partial charge in [-0.25, -0.2) is 0 Å². The predicted octanol–water partition coefficient (Wildman–Crippen LogP) is 8.58. The van der Waals surface area contributed by atoms with E-state index >= 15 is 0 Å². The van der Waals surface area contributed by atoms with Gasteiger partial charge in [0.15, 0.2) is 0 Å². The van der Waals surface area contributed by atoms with Gasteiger partial charge in [-0.05, 0) is 95.5 Å². The van der Waals surface area contributed by atoms with Gasteiger partial charge in [0.1, 0.15) is 18.3 Å². The first-order chi connectivity index (χ1) is 30.6. The SMILES string of the molecule is CCc1c2[n-]c(c1C)/C=C1\[N-]C(C3=c4[n-]c(c(C)c4=C(O)C3C(=O)OC)/C=c3\[n-]/c(c(C)c3CC)=C\2)C(CCC(=O)OC/C=C(\C)CCCC(C)CCCC(C)CCCC(C)C)C1C.[Mg+2]. The zero-order valence-corrected chi connectivity index (χ0v) is 43.2. The molecule has 8 bridgehead atoms. The molecule has 0 aromatic carbocycles. The van der Waals surface area contributed by atoms with Gasteiger partial charge < -0.3 is 34.8 Å². The number of hydrogen-bond donors (Lipinski definition) is 1. The Morgan fingerprint density at radius 2 is 1.42 bits per heavy atom. The number of esters is 2. The molecule has 0 amide bonds. The molecule has 1 aliphatic carbocycles. The summed E-state index contributed by atoms with van der Waals surface area (Å²) in [5.74, 6) is 0.0977. The van der Waals surface area contributed by atoms with Crippen LogP contribution in [0.1, 0.15) is 171 Å². The number of ether oxygens (including phenoxy) is 2. The van der Waals surface area contributed by atoms with E-state index in [1.165, 1.54) is 63.2 Å². The minimum atomic E-state index is -1.06. The second-order valence-corrected chi connectivity index (χ2v) is 19.8. The fourth-order valence-corrected chi connectivity index (χ4v) is 10.6. The fourth-order valence-electron chi connectivity index (χ4n) is 10.6. The summed E-state index contributed by atoms with van der Waals surface area (Å²) in [5, 5.41) is 20.1. The van der Waals surface area contributed by atoms with Crippen molar-refractivity contribution in [2.24, 2.45) is 35.5 Å². The van der Waals surface area contributed by atoms with Crippen LogP contribution in [0.5, 0.6) is 0 Å². The molecule has 350 valence electrons. The summed E-state index contributed by atoms with van der Waals surface area (Å²) in [7, 11) is 1.34. The first kappa shape index (κ1) is 52.1. The van der Waals surface area contributed by atoms with Gasteiger partial charge in [0.05, 0.1) is 7.11 Å². The van der Waals surface area contributed by atoms with E-state index in [9.17, 15) is 14.7 Å². The van der Waals surface area contributed by atoms with Crippen molar-refractivity contribution in [2.45, 2.75) is 166 Å². The number of aliphatic hydroxyl groups excluding tert-OH is 1. The molecular weight excluding hydrogens is 821 g/mol. The number of nitrogens with zero attached hydrogens (tertiary/aromatic N) is 4. The largest absolute Gasteiger partial charge is 2.00 e. The Kier molecular flexibility index (Phi) is 18.6. The van der Waals surface area contributed by atoms with Gasteiger partial charge in [0.2, 0.25) is 0 Å². The molecule has 1 N–H and O–H groups in total. The topological polar surface area (TPSA) is 129 Å². The van der Waals surface area contributed by atoms with E-state index < -0.39 is 17.9 Å². The molecule has 1 fully saturated rings. The van der Waals surface area contributed by atoms with Gasteiger partial charge >= 0.3 is 35.0 Å². The van der Waals surface area contributed by atoms with Crippen LogP contribution >= 0.6 is 0 Å². The third-order valence-corrected chi connectivity index (χ3v) is 14.7. The van der Waals surface area contributed by atoms with Crippen LogP contribution in [0.3, 0.4) is 0 Å². The maximum absolute atomic E-state index is 13.6. The van der Waals surface area contributed by atoms with Crippen LogP contribution in [0.2, 0.25) is 0 Å². The van der Waals surface area contributed by atoms with E-state index in [4.69, 9.17) is 29.7 Å². The van der Waals surface area contributed by atoms with Gasteiger partial charge in [0, 0.05) is 11.6 Å². The monoisotopic (exact) mass is 897 g/mol. The first-order valence-electron chi connectivity index (χ1n) is 24.5. The van der Waals surface area contributed by atoms with Gasteiger partial charge in [-0.3, -0.25) is 9.59 Å². The van der Waals surface area contributed by atoms with Crippen LogP contribution < -0.4 is 36.2 Å². The molecular formula is C55H76MgN4O5-2. The fraction of sp³-hybridized carbons (Fsp3) is 0.600. The first-order valence-corrected chi connectivity index (χ1v) is 24.5. The van der Waals surface area contributed by atoms with Crippen LogP contribution in [-0.2, 0) is 31.9 Å². The van der Waals surface area contributed by atoms with E-state index in [1.807, 2.05) is 19.1 Å². The molecule has 10 heteroatoms. The molecule has 0 spiro atoms. The number of hydrogen-bond acceptors (Lipinski definition) is 5. The van der Waals surface area contributed by atoms with Gasteiger partial charge in [-0.1, -0.05) is 157 Å². The molecule has 2 aliphatic heterocycles. The molecule has 5 heterocycles. The van der Waals surface area contributed by atoms with Crippen LogP contribution in [0, 0.1) is 56.3 Å². The van der Waals surface area contributed by atoms with Crippen LogP contribution in [0.15, 0.2) is 17.3 Å². The Morgan fingerprint density at radius 3 is 2.06 bits per heavy atom.